The number of aryl methyl sites for hydroxylation is 3. The molecule has 0 fully saturated rings. The minimum absolute atomic E-state index is 0.328. The van der Waals surface area contributed by atoms with Crippen molar-refractivity contribution in [2.45, 2.75) is 37.4 Å². The molecule has 0 aliphatic carbocycles. The quantitative estimate of drug-likeness (QED) is 0.377. The van der Waals surface area contributed by atoms with Crippen LogP contribution in [0.15, 0.2) is 77.7 Å². The molecule has 33 heavy (non-hydrogen) atoms. The summed E-state index contributed by atoms with van der Waals surface area (Å²) in [5.41, 5.74) is 1.97. The van der Waals surface area contributed by atoms with Crippen molar-refractivity contribution < 1.29 is 21.6 Å². The van der Waals surface area contributed by atoms with Crippen LogP contribution in [-0.2, 0) is 35.6 Å². The number of para-hydroxylation sites is 3. The lowest BCUT2D eigenvalue weighted by atomic mass is 10.1. The molecule has 3 aromatic carbocycles. The van der Waals surface area contributed by atoms with Crippen molar-refractivity contribution in [1.29, 1.82) is 0 Å². The highest BCUT2D eigenvalue weighted by Crippen LogP contribution is 2.31. The van der Waals surface area contributed by atoms with E-state index in [1.807, 2.05) is 31.2 Å². The van der Waals surface area contributed by atoms with Gasteiger partial charge in [0.15, 0.2) is 0 Å². The van der Waals surface area contributed by atoms with Crippen molar-refractivity contribution in [3.8, 4) is 0 Å². The van der Waals surface area contributed by atoms with E-state index in [0.29, 0.717) is 24.6 Å². The largest absolute Gasteiger partial charge is 0.416 e. The molecular weight excluding hydrogens is 451 g/mol. The van der Waals surface area contributed by atoms with Gasteiger partial charge in [-0.15, -0.1) is 0 Å². The lowest BCUT2D eigenvalue weighted by Crippen LogP contribution is -2.16. The number of fused-ring (bicyclic) bond motifs is 1. The van der Waals surface area contributed by atoms with Gasteiger partial charge in [0, 0.05) is 13.0 Å². The molecule has 0 saturated heterocycles. The minimum atomic E-state index is -4.63. The van der Waals surface area contributed by atoms with E-state index in [2.05, 4.69) is 9.29 Å². The molecule has 9 heteroatoms. The monoisotopic (exact) mass is 473 g/mol. The van der Waals surface area contributed by atoms with Gasteiger partial charge in [-0.05, 0) is 55.3 Å². The van der Waals surface area contributed by atoms with Crippen LogP contribution in [-0.4, -0.2) is 18.0 Å². The van der Waals surface area contributed by atoms with Crippen LogP contribution in [0.2, 0.25) is 0 Å². The highest BCUT2D eigenvalue weighted by Gasteiger charge is 2.31. The summed E-state index contributed by atoms with van der Waals surface area (Å²) in [5.74, 6) is 0.884. The zero-order chi connectivity index (χ0) is 23.6. The number of hydrogen-bond donors (Lipinski definition) is 1. The molecule has 1 heterocycles. The topological polar surface area (TPSA) is 64.0 Å². The lowest BCUT2D eigenvalue weighted by molar-refractivity contribution is -0.137. The second kappa shape index (κ2) is 8.90. The molecule has 0 saturated carbocycles. The Morgan fingerprint density at radius 2 is 1.67 bits per heavy atom. The van der Waals surface area contributed by atoms with Crippen LogP contribution in [0.5, 0.6) is 0 Å². The fourth-order valence-corrected chi connectivity index (χ4v) is 4.94. The van der Waals surface area contributed by atoms with Gasteiger partial charge in [0.25, 0.3) is 10.0 Å². The van der Waals surface area contributed by atoms with E-state index in [0.717, 1.165) is 47.2 Å². The molecule has 0 atom stereocenters. The van der Waals surface area contributed by atoms with Crippen molar-refractivity contribution in [3.05, 3.63) is 89.7 Å². The second-order valence-corrected chi connectivity index (χ2v) is 9.23. The molecule has 4 rings (SSSR count). The number of alkyl halides is 3. The van der Waals surface area contributed by atoms with Gasteiger partial charge in [-0.3, -0.25) is 4.72 Å². The van der Waals surface area contributed by atoms with Gasteiger partial charge in [0.2, 0.25) is 0 Å². The third-order valence-corrected chi connectivity index (χ3v) is 6.76. The zero-order valence-electron chi connectivity index (χ0n) is 17.8. The van der Waals surface area contributed by atoms with Gasteiger partial charge >= 0.3 is 6.18 Å². The van der Waals surface area contributed by atoms with Gasteiger partial charge < -0.3 is 4.57 Å². The van der Waals surface area contributed by atoms with E-state index in [-0.39, 0.29) is 0 Å². The van der Waals surface area contributed by atoms with E-state index in [1.165, 1.54) is 0 Å². The Bertz CT molecular complexity index is 1400. The third-order valence-electron chi connectivity index (χ3n) is 5.40. The van der Waals surface area contributed by atoms with Crippen molar-refractivity contribution in [2.75, 3.05) is 4.72 Å². The molecule has 1 aromatic heterocycles. The number of anilines is 1. The summed E-state index contributed by atoms with van der Waals surface area (Å²) < 4.78 is 69.3. The Morgan fingerprint density at radius 1 is 0.939 bits per heavy atom. The summed E-state index contributed by atoms with van der Waals surface area (Å²) in [6, 6.07) is 18.4. The predicted molar refractivity (Wildman–Crippen MR) is 122 cm³/mol. The number of imidazole rings is 1. The number of halogens is 3. The standard InChI is InChI=1S/C24H22F3N3O2S/c1-2-30-22-13-6-5-12-21(22)28-23(30)15-14-17-8-3-4-11-20(17)29-33(31,32)19-10-7-9-18(16-19)24(25,26)27/h3-13,16,29H,2,14-15H2,1H3. The number of rotatable bonds is 7. The maximum atomic E-state index is 13.0. The fourth-order valence-electron chi connectivity index (χ4n) is 3.80. The second-order valence-electron chi connectivity index (χ2n) is 7.55. The molecule has 4 aromatic rings. The molecule has 172 valence electrons. The summed E-state index contributed by atoms with van der Waals surface area (Å²) in [4.78, 5) is 4.26. The van der Waals surface area contributed by atoms with E-state index >= 15 is 0 Å². The van der Waals surface area contributed by atoms with Crippen LogP contribution in [0.4, 0.5) is 18.9 Å². The first-order valence-electron chi connectivity index (χ1n) is 10.4. The Balaban J connectivity index is 1.59. The minimum Gasteiger partial charge on any atom is -0.328 e. The Kier molecular flexibility index (Phi) is 6.16. The SMILES string of the molecule is CCn1c(CCc2ccccc2NS(=O)(=O)c2cccc(C(F)(F)F)c2)nc2ccccc21. The molecule has 0 bridgehead atoms. The zero-order valence-corrected chi connectivity index (χ0v) is 18.6. The van der Waals surface area contributed by atoms with Crippen molar-refractivity contribution >= 4 is 26.7 Å². The summed E-state index contributed by atoms with van der Waals surface area (Å²) >= 11 is 0. The van der Waals surface area contributed by atoms with Crippen LogP contribution < -0.4 is 4.72 Å². The lowest BCUT2D eigenvalue weighted by Gasteiger charge is -2.14. The number of benzene rings is 3. The summed E-state index contributed by atoms with van der Waals surface area (Å²) in [5, 5.41) is 0. The highest BCUT2D eigenvalue weighted by atomic mass is 32.2. The molecule has 0 aliphatic rings. The molecule has 0 unspecified atom stereocenters. The summed E-state index contributed by atoms with van der Waals surface area (Å²) in [6.45, 7) is 2.79. The van der Waals surface area contributed by atoms with Crippen molar-refractivity contribution in [3.63, 3.8) is 0 Å². The van der Waals surface area contributed by atoms with E-state index in [9.17, 15) is 21.6 Å². The number of hydrogen-bond acceptors (Lipinski definition) is 3. The summed E-state index contributed by atoms with van der Waals surface area (Å²) in [7, 11) is -4.21. The maximum Gasteiger partial charge on any atom is 0.416 e. The normalized spacial score (nSPS) is 12.2. The maximum absolute atomic E-state index is 13.0. The average molecular weight is 474 g/mol. The third kappa shape index (κ3) is 4.88. The van der Waals surface area contributed by atoms with Crippen LogP contribution in [0, 0.1) is 0 Å². The van der Waals surface area contributed by atoms with Crippen LogP contribution >= 0.6 is 0 Å². The Morgan fingerprint density at radius 3 is 2.42 bits per heavy atom. The predicted octanol–water partition coefficient (Wildman–Crippen LogP) is 5.66. The Hall–Kier alpha value is -3.33. The molecule has 1 N–H and O–H groups in total. The molecule has 0 radical (unpaired) electrons. The van der Waals surface area contributed by atoms with E-state index in [1.54, 1.807) is 24.3 Å². The van der Waals surface area contributed by atoms with Crippen LogP contribution in [0.25, 0.3) is 11.0 Å². The van der Waals surface area contributed by atoms with Crippen molar-refractivity contribution in [2.24, 2.45) is 0 Å². The number of nitrogens with one attached hydrogen (secondary N) is 1. The smallest absolute Gasteiger partial charge is 0.328 e. The summed E-state index contributed by atoms with van der Waals surface area (Å²) in [6.07, 6.45) is -3.55. The van der Waals surface area contributed by atoms with E-state index in [4.69, 9.17) is 4.98 Å². The molecule has 0 spiro atoms. The molecule has 5 nitrogen and oxygen atoms in total. The Labute approximate surface area is 189 Å². The average Bonchev–Trinajstić information content (AvgIpc) is 3.15. The number of nitrogens with zero attached hydrogens (tertiary/aromatic N) is 2. The number of aromatic nitrogens is 2. The van der Waals surface area contributed by atoms with E-state index < -0.39 is 26.7 Å². The van der Waals surface area contributed by atoms with Gasteiger partial charge in [-0.2, -0.15) is 13.2 Å². The van der Waals surface area contributed by atoms with Gasteiger partial charge in [-0.1, -0.05) is 36.4 Å². The highest BCUT2D eigenvalue weighted by molar-refractivity contribution is 7.92. The molecule has 0 amide bonds. The fraction of sp³-hybridized carbons (Fsp3) is 0.208. The van der Waals surface area contributed by atoms with Crippen LogP contribution in [0.3, 0.4) is 0 Å². The molecular formula is C24H22F3N3O2S. The van der Waals surface area contributed by atoms with Crippen LogP contribution in [0.1, 0.15) is 23.9 Å². The molecule has 0 aliphatic heterocycles. The first-order valence-corrected chi connectivity index (χ1v) is 11.9. The van der Waals surface area contributed by atoms with Gasteiger partial charge in [0.05, 0.1) is 27.2 Å². The van der Waals surface area contributed by atoms with Gasteiger partial charge in [0.1, 0.15) is 5.82 Å². The number of sulfonamides is 1. The van der Waals surface area contributed by atoms with Crippen molar-refractivity contribution in [1.82, 2.24) is 9.55 Å². The van der Waals surface area contributed by atoms with Gasteiger partial charge in [-0.25, -0.2) is 13.4 Å². The first-order chi connectivity index (χ1) is 15.7. The first kappa shape index (κ1) is 22.8.